The summed E-state index contributed by atoms with van der Waals surface area (Å²) in [6, 6.07) is -0.636. The minimum absolute atomic E-state index is 0.00123. The largest absolute Gasteiger partial charge is 0.466 e. The summed E-state index contributed by atoms with van der Waals surface area (Å²) < 4.78 is 5.49. The molecule has 0 bridgehead atoms. The van der Waals surface area contributed by atoms with E-state index in [0.717, 1.165) is 51.4 Å². The summed E-state index contributed by atoms with van der Waals surface area (Å²) in [4.78, 5) is 24.6. The molecule has 0 aromatic rings. The third-order valence-corrected chi connectivity index (χ3v) is 16.1. The average molecular weight is 1080 g/mol. The predicted octanol–water partition coefficient (Wildman–Crippen LogP) is 22.3. The van der Waals surface area contributed by atoms with Crippen LogP contribution in [0.4, 0.5) is 0 Å². The number of aliphatic hydroxyl groups is 2. The summed E-state index contributed by atoms with van der Waals surface area (Å²) in [5.74, 6) is -0.0744. The molecule has 0 spiro atoms. The summed E-state index contributed by atoms with van der Waals surface area (Å²) in [7, 11) is 0. The van der Waals surface area contributed by atoms with Gasteiger partial charge in [0.15, 0.2) is 0 Å². The molecule has 0 rings (SSSR count). The lowest BCUT2D eigenvalue weighted by molar-refractivity contribution is -0.143. The molecular weight excluding hydrogens is 947 g/mol. The van der Waals surface area contributed by atoms with E-state index in [0.29, 0.717) is 19.4 Å². The molecule has 0 fully saturated rings. The number of rotatable bonds is 65. The molecule has 0 radical (unpaired) electrons. The lowest BCUT2D eigenvalue weighted by Crippen LogP contribution is -2.45. The van der Waals surface area contributed by atoms with Gasteiger partial charge < -0.3 is 20.3 Å². The molecule has 0 aromatic carbocycles. The third-order valence-electron chi connectivity index (χ3n) is 16.1. The first-order valence-electron chi connectivity index (χ1n) is 34.8. The molecule has 3 N–H and O–H groups in total. The van der Waals surface area contributed by atoms with Crippen LogP contribution in [-0.4, -0.2) is 47.4 Å². The van der Waals surface area contributed by atoms with Gasteiger partial charge in [0.1, 0.15) is 0 Å². The molecule has 0 aliphatic carbocycles. The summed E-state index contributed by atoms with van der Waals surface area (Å²) in [6.45, 7) is 4.92. The number of carbonyl (C=O) groups excluding carboxylic acids is 2. The molecule has 77 heavy (non-hydrogen) atoms. The first-order chi connectivity index (χ1) is 38.0. The fourth-order valence-electron chi connectivity index (χ4n) is 10.8. The zero-order chi connectivity index (χ0) is 55.7. The van der Waals surface area contributed by atoms with E-state index >= 15 is 0 Å². The van der Waals surface area contributed by atoms with Gasteiger partial charge in [0.05, 0.1) is 25.4 Å². The highest BCUT2D eigenvalue weighted by Gasteiger charge is 2.18. The number of ether oxygens (including phenoxy) is 1. The van der Waals surface area contributed by atoms with Gasteiger partial charge >= 0.3 is 5.97 Å². The zero-order valence-corrected chi connectivity index (χ0v) is 52.0. The predicted molar refractivity (Wildman–Crippen MR) is 338 cm³/mol. The Bertz CT molecular complexity index is 1250. The second kappa shape index (κ2) is 66.6. The summed E-state index contributed by atoms with van der Waals surface area (Å²) in [5, 5.41) is 23.3. The molecule has 0 saturated carbocycles. The van der Waals surface area contributed by atoms with E-state index in [1.807, 2.05) is 6.08 Å². The monoisotopic (exact) mass is 1080 g/mol. The van der Waals surface area contributed by atoms with Crippen molar-refractivity contribution in [3.63, 3.8) is 0 Å². The Hall–Kier alpha value is -1.92. The van der Waals surface area contributed by atoms with Gasteiger partial charge in [-0.25, -0.2) is 0 Å². The average Bonchev–Trinajstić information content (AvgIpc) is 3.43. The maximum atomic E-state index is 12.5. The molecule has 0 heterocycles. The number of aliphatic hydroxyl groups excluding tert-OH is 2. The van der Waals surface area contributed by atoms with E-state index in [4.69, 9.17) is 4.74 Å². The van der Waals surface area contributed by atoms with Crippen molar-refractivity contribution in [2.45, 2.75) is 392 Å². The highest BCUT2D eigenvalue weighted by atomic mass is 16.5. The highest BCUT2D eigenvalue weighted by molar-refractivity contribution is 5.76. The van der Waals surface area contributed by atoms with Crippen LogP contribution in [0.5, 0.6) is 0 Å². The van der Waals surface area contributed by atoms with Gasteiger partial charge in [0.25, 0.3) is 0 Å². The quantitative estimate of drug-likeness (QED) is 0.0320. The Balaban J connectivity index is 3.46. The van der Waals surface area contributed by atoms with E-state index in [2.05, 4.69) is 43.5 Å². The summed E-state index contributed by atoms with van der Waals surface area (Å²) in [5.41, 5.74) is 0. The van der Waals surface area contributed by atoms with Crippen LogP contribution in [0.3, 0.4) is 0 Å². The van der Waals surface area contributed by atoms with Gasteiger partial charge in [0.2, 0.25) is 5.91 Å². The molecule has 2 unspecified atom stereocenters. The van der Waals surface area contributed by atoms with E-state index < -0.39 is 12.1 Å². The number of unbranched alkanes of at least 4 members (excludes halogenated alkanes) is 50. The van der Waals surface area contributed by atoms with Crippen LogP contribution in [0.1, 0.15) is 380 Å². The molecule has 0 aliphatic rings. The normalized spacial score (nSPS) is 12.7. The first kappa shape index (κ1) is 75.1. The van der Waals surface area contributed by atoms with Crippen molar-refractivity contribution in [1.29, 1.82) is 0 Å². The van der Waals surface area contributed by atoms with Gasteiger partial charge in [-0.2, -0.15) is 0 Å². The van der Waals surface area contributed by atoms with Crippen LogP contribution < -0.4 is 5.32 Å². The summed E-state index contributed by atoms with van der Waals surface area (Å²) in [6.07, 6.45) is 84.9. The Kier molecular flexibility index (Phi) is 64.9. The van der Waals surface area contributed by atoms with Crippen molar-refractivity contribution in [2.75, 3.05) is 13.2 Å². The van der Waals surface area contributed by atoms with Crippen LogP contribution in [0.15, 0.2) is 36.5 Å². The second-order valence-corrected chi connectivity index (χ2v) is 23.9. The maximum Gasteiger partial charge on any atom is 0.305 e. The van der Waals surface area contributed by atoms with Gasteiger partial charge in [-0.3, -0.25) is 9.59 Å². The maximum absolute atomic E-state index is 12.5. The molecular formula is C71H135NO5. The Morgan fingerprint density at radius 2 is 0.610 bits per heavy atom. The molecule has 6 heteroatoms. The van der Waals surface area contributed by atoms with Gasteiger partial charge in [-0.1, -0.05) is 320 Å². The highest BCUT2D eigenvalue weighted by Crippen LogP contribution is 2.18. The van der Waals surface area contributed by atoms with Crippen molar-refractivity contribution in [3.05, 3.63) is 36.5 Å². The van der Waals surface area contributed by atoms with Gasteiger partial charge in [0, 0.05) is 12.8 Å². The fraction of sp³-hybridized carbons (Fsp3) is 0.887. The van der Waals surface area contributed by atoms with E-state index in [1.54, 1.807) is 6.08 Å². The number of hydrogen-bond acceptors (Lipinski definition) is 5. The fourth-order valence-corrected chi connectivity index (χ4v) is 10.8. The molecule has 0 aliphatic heterocycles. The number of carbonyl (C=O) groups is 2. The van der Waals surface area contributed by atoms with Crippen LogP contribution >= 0.6 is 0 Å². The number of allylic oxidation sites excluding steroid dienone is 5. The molecule has 6 nitrogen and oxygen atoms in total. The topological polar surface area (TPSA) is 95.9 Å². The van der Waals surface area contributed by atoms with E-state index in [9.17, 15) is 19.8 Å². The third kappa shape index (κ3) is 63.1. The SMILES string of the molecule is CCCCCCCCC/C=C\CCCCCCCC(=O)OCCCCCCCCCCC/C=C\CCCCCCCCCC(=O)NC(CO)C(O)/C=C/CCCCCCCCCCCCCCCCCCCCCCCC. The van der Waals surface area contributed by atoms with E-state index in [-0.39, 0.29) is 18.5 Å². The number of amides is 1. The van der Waals surface area contributed by atoms with Crippen LogP contribution in [0, 0.1) is 0 Å². The minimum atomic E-state index is -0.852. The van der Waals surface area contributed by atoms with Crippen molar-refractivity contribution in [1.82, 2.24) is 5.32 Å². The lowest BCUT2D eigenvalue weighted by Gasteiger charge is -2.20. The standard InChI is InChI=1S/C71H135NO5/c1-3-5-7-9-11-13-15-17-19-21-22-23-24-25-26-29-32-35-39-43-47-51-55-59-63-69(74)68(67-73)72-70(75)64-60-56-52-48-44-40-36-33-30-27-28-31-34-38-42-46-50-54-58-62-66-77-71(76)65-61-57-53-49-45-41-37-20-18-16-14-12-10-8-6-4-2/h20,27,30,37,59,63,68-69,73-74H,3-19,21-26,28-29,31-36,38-58,60-62,64-67H2,1-2H3,(H,72,75)/b30-27-,37-20-,63-59+. The molecule has 0 saturated heterocycles. The van der Waals surface area contributed by atoms with Crippen LogP contribution in [-0.2, 0) is 14.3 Å². The Morgan fingerprint density at radius 1 is 0.351 bits per heavy atom. The van der Waals surface area contributed by atoms with Crippen molar-refractivity contribution < 1.29 is 24.5 Å². The van der Waals surface area contributed by atoms with Gasteiger partial charge in [-0.15, -0.1) is 0 Å². The minimum Gasteiger partial charge on any atom is -0.466 e. The lowest BCUT2D eigenvalue weighted by atomic mass is 10.0. The number of nitrogens with one attached hydrogen (secondary N) is 1. The van der Waals surface area contributed by atoms with Crippen molar-refractivity contribution in [2.24, 2.45) is 0 Å². The van der Waals surface area contributed by atoms with Crippen molar-refractivity contribution >= 4 is 11.9 Å². The zero-order valence-electron chi connectivity index (χ0n) is 52.0. The molecule has 2 atom stereocenters. The number of hydrogen-bond donors (Lipinski definition) is 3. The summed E-state index contributed by atoms with van der Waals surface area (Å²) >= 11 is 0. The van der Waals surface area contributed by atoms with Crippen LogP contribution in [0.25, 0.3) is 0 Å². The van der Waals surface area contributed by atoms with Gasteiger partial charge in [-0.05, 0) is 83.5 Å². The van der Waals surface area contributed by atoms with Crippen LogP contribution in [0.2, 0.25) is 0 Å². The Labute approximate surface area is 481 Å². The first-order valence-corrected chi connectivity index (χ1v) is 34.8. The molecule has 454 valence electrons. The smallest absolute Gasteiger partial charge is 0.305 e. The Morgan fingerprint density at radius 3 is 0.922 bits per heavy atom. The molecule has 0 aromatic heterocycles. The van der Waals surface area contributed by atoms with E-state index in [1.165, 1.54) is 302 Å². The molecule has 1 amide bonds. The van der Waals surface area contributed by atoms with Crippen molar-refractivity contribution in [3.8, 4) is 0 Å². The second-order valence-electron chi connectivity index (χ2n) is 23.9. The number of esters is 1.